The summed E-state index contributed by atoms with van der Waals surface area (Å²) >= 11 is 0. The van der Waals surface area contributed by atoms with Crippen molar-refractivity contribution in [2.24, 2.45) is 5.92 Å². The topological polar surface area (TPSA) is 122 Å². The number of carboxylic acid groups (broad SMARTS) is 1. The summed E-state index contributed by atoms with van der Waals surface area (Å²) in [4.78, 5) is 35.4. The average Bonchev–Trinajstić information content (AvgIpc) is 2.80. The molecule has 0 saturated carbocycles. The average molecular weight is 351 g/mol. The lowest BCUT2D eigenvalue weighted by Crippen LogP contribution is -2.46. The van der Waals surface area contributed by atoms with Gasteiger partial charge < -0.3 is 20.3 Å². The summed E-state index contributed by atoms with van der Waals surface area (Å²) in [6.45, 7) is 3.45. The van der Waals surface area contributed by atoms with E-state index in [-0.39, 0.29) is 18.2 Å². The van der Waals surface area contributed by atoms with Crippen LogP contribution in [0.15, 0.2) is 4.52 Å². The van der Waals surface area contributed by atoms with Gasteiger partial charge in [0.2, 0.25) is 5.91 Å². The van der Waals surface area contributed by atoms with Gasteiger partial charge in [-0.3, -0.25) is 9.59 Å². The molecule has 2 amide bonds. The van der Waals surface area contributed by atoms with Crippen molar-refractivity contribution in [1.29, 1.82) is 0 Å². The van der Waals surface area contributed by atoms with E-state index in [4.69, 9.17) is 9.63 Å². The first-order chi connectivity index (χ1) is 11.9. The molecule has 1 heterocycles. The van der Waals surface area contributed by atoms with E-state index in [1.807, 2.05) is 13.8 Å². The number of nitrogens with one attached hydrogen (secondary N) is 2. The van der Waals surface area contributed by atoms with Crippen molar-refractivity contribution in [3.8, 4) is 0 Å². The second-order valence-electron chi connectivity index (χ2n) is 6.76. The zero-order valence-corrected chi connectivity index (χ0v) is 14.6. The Labute approximate surface area is 146 Å². The van der Waals surface area contributed by atoms with Crippen molar-refractivity contribution >= 4 is 17.8 Å². The molecule has 8 heteroatoms. The second kappa shape index (κ2) is 8.64. The zero-order valence-electron chi connectivity index (χ0n) is 14.6. The van der Waals surface area contributed by atoms with Crippen molar-refractivity contribution in [3.63, 3.8) is 0 Å². The largest absolute Gasteiger partial charge is 0.480 e. The van der Waals surface area contributed by atoms with E-state index in [0.717, 1.165) is 43.4 Å². The molecule has 1 aromatic rings. The maximum Gasteiger partial charge on any atom is 0.326 e. The Hall–Kier alpha value is -2.38. The molecule has 0 fully saturated rings. The number of nitrogens with zero attached hydrogens (tertiary/aromatic N) is 1. The van der Waals surface area contributed by atoms with Crippen LogP contribution in [0.25, 0.3) is 0 Å². The number of carboxylic acids is 1. The molecule has 0 aromatic carbocycles. The van der Waals surface area contributed by atoms with Crippen LogP contribution in [0.3, 0.4) is 0 Å². The number of fused-ring (bicyclic) bond motifs is 1. The van der Waals surface area contributed by atoms with E-state index >= 15 is 0 Å². The van der Waals surface area contributed by atoms with Gasteiger partial charge in [0.15, 0.2) is 5.69 Å². The Morgan fingerprint density at radius 3 is 2.60 bits per heavy atom. The van der Waals surface area contributed by atoms with Crippen LogP contribution in [0.5, 0.6) is 0 Å². The molecular weight excluding hydrogens is 326 g/mol. The summed E-state index contributed by atoms with van der Waals surface area (Å²) in [7, 11) is 0. The van der Waals surface area contributed by atoms with Gasteiger partial charge in [-0.25, -0.2) is 4.79 Å². The molecule has 0 saturated heterocycles. The van der Waals surface area contributed by atoms with Crippen LogP contribution in [0.1, 0.15) is 61.3 Å². The molecule has 1 aliphatic carbocycles. The molecule has 8 nitrogen and oxygen atoms in total. The summed E-state index contributed by atoms with van der Waals surface area (Å²) in [6.07, 6.45) is 4.91. The van der Waals surface area contributed by atoms with Crippen molar-refractivity contribution in [3.05, 3.63) is 17.0 Å². The number of aryl methyl sites for hydroxylation is 1. The van der Waals surface area contributed by atoms with Crippen LogP contribution in [0.4, 0.5) is 0 Å². The third-order valence-electron chi connectivity index (χ3n) is 4.17. The lowest BCUT2D eigenvalue weighted by atomic mass is 10.0. The molecular formula is C17H25N3O5. The number of hydrogen-bond acceptors (Lipinski definition) is 5. The smallest absolute Gasteiger partial charge is 0.326 e. The Balaban J connectivity index is 1.90. The normalized spacial score (nSPS) is 15.2. The van der Waals surface area contributed by atoms with Crippen molar-refractivity contribution in [2.45, 2.75) is 58.4 Å². The molecule has 0 unspecified atom stereocenters. The van der Waals surface area contributed by atoms with Gasteiger partial charge in [-0.1, -0.05) is 25.4 Å². The van der Waals surface area contributed by atoms with Gasteiger partial charge in [0.25, 0.3) is 5.91 Å². The number of carbonyl (C=O) groups excluding carboxylic acids is 2. The minimum atomic E-state index is -1.09. The standard InChI is InChI=1S/C17H25N3O5/c1-10(2)8-12(17(23)24)19-14(21)9-18-16(22)15-11-6-4-3-5-7-13(11)25-20-15/h10,12H,3-9H2,1-2H3,(H,18,22)(H,19,21)(H,23,24)/t12-/m0/s1. The highest BCUT2D eigenvalue weighted by Gasteiger charge is 2.24. The molecule has 0 spiro atoms. The predicted molar refractivity (Wildman–Crippen MR) is 89.1 cm³/mol. The highest BCUT2D eigenvalue weighted by Crippen LogP contribution is 2.23. The van der Waals surface area contributed by atoms with Crippen LogP contribution in [-0.4, -0.2) is 40.6 Å². The van der Waals surface area contributed by atoms with Gasteiger partial charge >= 0.3 is 5.97 Å². The summed E-state index contributed by atoms with van der Waals surface area (Å²) in [5.41, 5.74) is 1.04. The first-order valence-electron chi connectivity index (χ1n) is 8.66. The van der Waals surface area contributed by atoms with Crippen LogP contribution >= 0.6 is 0 Å². The molecule has 1 atom stereocenters. The van der Waals surface area contributed by atoms with E-state index in [1.165, 1.54) is 0 Å². The minimum Gasteiger partial charge on any atom is -0.480 e. The molecule has 0 radical (unpaired) electrons. The first kappa shape index (κ1) is 19.0. The molecule has 1 aromatic heterocycles. The predicted octanol–water partition coefficient (Wildman–Crippen LogP) is 1.29. The maximum atomic E-state index is 12.3. The zero-order chi connectivity index (χ0) is 18.4. The number of carbonyl (C=O) groups is 3. The number of aromatic nitrogens is 1. The third kappa shape index (κ3) is 5.30. The van der Waals surface area contributed by atoms with Crippen molar-refractivity contribution in [2.75, 3.05) is 6.54 Å². The number of aliphatic carboxylic acids is 1. The SMILES string of the molecule is CC(C)C[C@H](NC(=O)CNC(=O)c1noc2c1CCCCC2)C(=O)O. The van der Waals surface area contributed by atoms with Gasteiger partial charge in [-0.05, 0) is 31.6 Å². The monoisotopic (exact) mass is 351 g/mol. The van der Waals surface area contributed by atoms with Crippen LogP contribution in [0.2, 0.25) is 0 Å². The Morgan fingerprint density at radius 2 is 1.92 bits per heavy atom. The molecule has 25 heavy (non-hydrogen) atoms. The molecule has 0 bridgehead atoms. The van der Waals surface area contributed by atoms with Crippen LogP contribution in [-0.2, 0) is 22.4 Å². The lowest BCUT2D eigenvalue weighted by Gasteiger charge is -2.16. The van der Waals surface area contributed by atoms with Crippen molar-refractivity contribution in [1.82, 2.24) is 15.8 Å². The van der Waals surface area contributed by atoms with Gasteiger partial charge in [0, 0.05) is 12.0 Å². The minimum absolute atomic E-state index is 0.126. The summed E-state index contributed by atoms with van der Waals surface area (Å²) in [5, 5.41) is 17.9. The number of amides is 2. The summed E-state index contributed by atoms with van der Waals surface area (Å²) in [5.74, 6) is -1.24. The van der Waals surface area contributed by atoms with Crippen LogP contribution < -0.4 is 10.6 Å². The molecule has 3 N–H and O–H groups in total. The lowest BCUT2D eigenvalue weighted by molar-refractivity contribution is -0.142. The number of hydrogen-bond donors (Lipinski definition) is 3. The fraction of sp³-hybridized carbons (Fsp3) is 0.647. The second-order valence-corrected chi connectivity index (χ2v) is 6.76. The van der Waals surface area contributed by atoms with E-state index in [0.29, 0.717) is 6.42 Å². The molecule has 0 aliphatic heterocycles. The van der Waals surface area contributed by atoms with E-state index in [2.05, 4.69) is 15.8 Å². The Morgan fingerprint density at radius 1 is 1.20 bits per heavy atom. The molecule has 138 valence electrons. The summed E-state index contributed by atoms with van der Waals surface area (Å²) < 4.78 is 5.25. The molecule has 1 aliphatic rings. The fourth-order valence-corrected chi connectivity index (χ4v) is 2.92. The number of rotatable bonds is 7. The van der Waals surface area contributed by atoms with E-state index < -0.39 is 23.8 Å². The van der Waals surface area contributed by atoms with Gasteiger partial charge in [-0.2, -0.15) is 0 Å². The highest BCUT2D eigenvalue weighted by molar-refractivity contribution is 5.96. The van der Waals surface area contributed by atoms with Gasteiger partial charge in [0.05, 0.1) is 6.54 Å². The first-order valence-corrected chi connectivity index (χ1v) is 8.66. The van der Waals surface area contributed by atoms with E-state index in [1.54, 1.807) is 0 Å². The quantitative estimate of drug-likeness (QED) is 0.636. The van der Waals surface area contributed by atoms with Crippen molar-refractivity contribution < 1.29 is 24.0 Å². The highest BCUT2D eigenvalue weighted by atomic mass is 16.5. The molecule has 2 rings (SSSR count). The van der Waals surface area contributed by atoms with Gasteiger partial charge in [-0.15, -0.1) is 0 Å². The summed E-state index contributed by atoms with van der Waals surface area (Å²) in [6, 6.07) is -0.965. The Bertz CT molecular complexity index is 638. The van der Waals surface area contributed by atoms with E-state index in [9.17, 15) is 14.4 Å². The maximum absolute atomic E-state index is 12.3. The van der Waals surface area contributed by atoms with Gasteiger partial charge in [0.1, 0.15) is 11.8 Å². The fourth-order valence-electron chi connectivity index (χ4n) is 2.92. The van der Waals surface area contributed by atoms with Crippen LogP contribution in [0, 0.1) is 5.92 Å². The third-order valence-corrected chi connectivity index (χ3v) is 4.17. The Kier molecular flexibility index (Phi) is 6.55.